The number of imide groups is 1. The summed E-state index contributed by atoms with van der Waals surface area (Å²) in [5, 5.41) is 5.25. The molecule has 1 saturated heterocycles. The number of halogens is 3. The molecule has 1 atom stereocenters. The molecule has 0 radical (unpaired) electrons. The van der Waals surface area contributed by atoms with Crippen molar-refractivity contribution in [3.8, 4) is 0 Å². The molecule has 1 aliphatic heterocycles. The minimum atomic E-state index is -4.51. The fourth-order valence-corrected chi connectivity index (χ4v) is 2.87. The topological polar surface area (TPSA) is 87.7 Å². The highest BCUT2D eigenvalue weighted by atomic mass is 19.4. The highest BCUT2D eigenvalue weighted by Gasteiger charge is 2.32. The molecule has 0 saturated carbocycles. The van der Waals surface area contributed by atoms with E-state index in [1.165, 1.54) is 31.2 Å². The molecule has 0 bridgehead atoms. The molecule has 1 aliphatic rings. The van der Waals surface area contributed by atoms with Crippen molar-refractivity contribution in [3.05, 3.63) is 59.7 Å². The van der Waals surface area contributed by atoms with Gasteiger partial charge >= 0.3 is 18.2 Å². The molecule has 2 N–H and O–H groups in total. The summed E-state index contributed by atoms with van der Waals surface area (Å²) in [7, 11) is 0. The predicted octanol–water partition coefficient (Wildman–Crippen LogP) is 3.55. The molecule has 0 aromatic heterocycles. The first-order chi connectivity index (χ1) is 14.2. The molecule has 1 heterocycles. The van der Waals surface area contributed by atoms with Gasteiger partial charge in [-0.15, -0.1) is 0 Å². The SMILES string of the molecule is C[C@@H](OC(=O)c1ccccc1Nc1cccc(C(F)(F)F)c1)C(=O)N1CCNC1=O. The molecular formula is C20H18F3N3O4. The summed E-state index contributed by atoms with van der Waals surface area (Å²) in [4.78, 5) is 37.4. The first-order valence-electron chi connectivity index (χ1n) is 9.00. The highest BCUT2D eigenvalue weighted by molar-refractivity contribution is 6.01. The van der Waals surface area contributed by atoms with Gasteiger partial charge in [-0.1, -0.05) is 18.2 Å². The molecule has 2 aromatic rings. The van der Waals surface area contributed by atoms with Gasteiger partial charge in [-0.25, -0.2) is 9.59 Å². The van der Waals surface area contributed by atoms with Gasteiger partial charge in [-0.05, 0) is 37.3 Å². The average molecular weight is 421 g/mol. The number of hydrogen-bond donors (Lipinski definition) is 2. The summed E-state index contributed by atoms with van der Waals surface area (Å²) in [6.07, 6.45) is -5.73. The number of benzene rings is 2. The zero-order chi connectivity index (χ0) is 21.9. The molecule has 0 aliphatic carbocycles. The van der Waals surface area contributed by atoms with Gasteiger partial charge in [0, 0.05) is 18.8 Å². The van der Waals surface area contributed by atoms with Crippen LogP contribution in [0.3, 0.4) is 0 Å². The first-order valence-corrected chi connectivity index (χ1v) is 9.00. The largest absolute Gasteiger partial charge is 0.449 e. The second kappa shape index (κ2) is 8.44. The fourth-order valence-electron chi connectivity index (χ4n) is 2.87. The van der Waals surface area contributed by atoms with E-state index in [9.17, 15) is 27.6 Å². The maximum Gasteiger partial charge on any atom is 0.416 e. The van der Waals surface area contributed by atoms with Gasteiger partial charge in [0.1, 0.15) is 0 Å². The van der Waals surface area contributed by atoms with E-state index in [0.29, 0.717) is 6.54 Å². The second-order valence-electron chi connectivity index (χ2n) is 6.52. The van der Waals surface area contributed by atoms with Crippen LogP contribution in [0.15, 0.2) is 48.5 Å². The van der Waals surface area contributed by atoms with Crippen molar-refractivity contribution in [2.45, 2.75) is 19.2 Å². The van der Waals surface area contributed by atoms with Crippen molar-refractivity contribution < 1.29 is 32.3 Å². The zero-order valence-electron chi connectivity index (χ0n) is 15.8. The van der Waals surface area contributed by atoms with E-state index < -0.39 is 35.8 Å². The number of ether oxygens (including phenoxy) is 1. The van der Waals surface area contributed by atoms with E-state index in [2.05, 4.69) is 10.6 Å². The minimum Gasteiger partial charge on any atom is -0.449 e. The summed E-state index contributed by atoms with van der Waals surface area (Å²) in [6.45, 7) is 1.83. The third-order valence-electron chi connectivity index (χ3n) is 4.37. The number of alkyl halides is 3. The van der Waals surface area contributed by atoms with Crippen LogP contribution >= 0.6 is 0 Å². The van der Waals surface area contributed by atoms with Crippen LogP contribution in [0.2, 0.25) is 0 Å². The van der Waals surface area contributed by atoms with Crippen molar-refractivity contribution in [1.29, 1.82) is 0 Å². The third-order valence-corrected chi connectivity index (χ3v) is 4.37. The molecule has 0 unspecified atom stereocenters. The zero-order valence-corrected chi connectivity index (χ0v) is 15.8. The Hall–Kier alpha value is -3.56. The summed E-state index contributed by atoms with van der Waals surface area (Å²) in [6, 6.07) is 10.0. The number of amides is 3. The Morgan fingerprint density at radius 2 is 1.90 bits per heavy atom. The number of carbonyl (C=O) groups excluding carboxylic acids is 3. The van der Waals surface area contributed by atoms with Gasteiger partial charge in [-0.3, -0.25) is 9.69 Å². The van der Waals surface area contributed by atoms with Crippen LogP contribution in [-0.4, -0.2) is 42.0 Å². The van der Waals surface area contributed by atoms with E-state index in [4.69, 9.17) is 4.74 Å². The Morgan fingerprint density at radius 1 is 1.17 bits per heavy atom. The van der Waals surface area contributed by atoms with E-state index in [1.807, 2.05) is 0 Å². The quantitative estimate of drug-likeness (QED) is 0.721. The molecule has 3 rings (SSSR count). The normalized spacial score (nSPS) is 14.8. The monoisotopic (exact) mass is 421 g/mol. The smallest absolute Gasteiger partial charge is 0.416 e. The van der Waals surface area contributed by atoms with Crippen molar-refractivity contribution in [1.82, 2.24) is 10.2 Å². The molecule has 7 nitrogen and oxygen atoms in total. The third kappa shape index (κ3) is 4.70. The van der Waals surface area contributed by atoms with Gasteiger partial charge in [0.15, 0.2) is 6.10 Å². The molecule has 10 heteroatoms. The average Bonchev–Trinajstić information content (AvgIpc) is 3.13. The summed E-state index contributed by atoms with van der Waals surface area (Å²) >= 11 is 0. The van der Waals surface area contributed by atoms with Crippen molar-refractivity contribution in [2.24, 2.45) is 0 Å². The number of nitrogens with zero attached hydrogens (tertiary/aromatic N) is 1. The van der Waals surface area contributed by atoms with Crippen LogP contribution in [0.25, 0.3) is 0 Å². The number of hydrogen-bond acceptors (Lipinski definition) is 5. The van der Waals surface area contributed by atoms with Crippen LogP contribution in [0.1, 0.15) is 22.8 Å². The Labute approximate surface area is 169 Å². The molecule has 2 aromatic carbocycles. The Bertz CT molecular complexity index is 978. The lowest BCUT2D eigenvalue weighted by atomic mass is 10.1. The fraction of sp³-hybridized carbons (Fsp3) is 0.250. The van der Waals surface area contributed by atoms with Crippen LogP contribution in [0.5, 0.6) is 0 Å². The van der Waals surface area contributed by atoms with Gasteiger partial charge < -0.3 is 15.4 Å². The number of carbonyl (C=O) groups is 3. The lowest BCUT2D eigenvalue weighted by Crippen LogP contribution is -2.41. The molecule has 0 spiro atoms. The molecule has 158 valence electrons. The van der Waals surface area contributed by atoms with E-state index in [-0.39, 0.29) is 23.5 Å². The number of esters is 1. The summed E-state index contributed by atoms with van der Waals surface area (Å²) < 4.78 is 44.0. The maximum absolute atomic E-state index is 12.9. The lowest BCUT2D eigenvalue weighted by molar-refractivity contribution is -0.137. The van der Waals surface area contributed by atoms with E-state index in [1.54, 1.807) is 12.1 Å². The number of para-hydroxylation sites is 1. The van der Waals surface area contributed by atoms with Crippen LogP contribution in [0.4, 0.5) is 29.3 Å². The first kappa shape index (κ1) is 21.2. The van der Waals surface area contributed by atoms with Crippen molar-refractivity contribution in [3.63, 3.8) is 0 Å². The van der Waals surface area contributed by atoms with E-state index >= 15 is 0 Å². The maximum atomic E-state index is 12.9. The van der Waals surface area contributed by atoms with Gasteiger partial charge in [0.2, 0.25) is 0 Å². The number of nitrogens with one attached hydrogen (secondary N) is 2. The van der Waals surface area contributed by atoms with E-state index in [0.717, 1.165) is 17.0 Å². The minimum absolute atomic E-state index is 0.0282. The lowest BCUT2D eigenvalue weighted by Gasteiger charge is -2.19. The predicted molar refractivity (Wildman–Crippen MR) is 101 cm³/mol. The Balaban J connectivity index is 1.75. The van der Waals surface area contributed by atoms with Gasteiger partial charge in [-0.2, -0.15) is 13.2 Å². The molecule has 1 fully saturated rings. The number of anilines is 2. The van der Waals surface area contributed by atoms with Crippen LogP contribution in [0, 0.1) is 0 Å². The van der Waals surface area contributed by atoms with Crippen LogP contribution in [-0.2, 0) is 15.7 Å². The summed E-state index contributed by atoms with van der Waals surface area (Å²) in [5.74, 6) is -1.52. The highest BCUT2D eigenvalue weighted by Crippen LogP contribution is 2.32. The standard InChI is InChI=1S/C20H18F3N3O4/c1-12(17(27)26-10-9-24-19(26)29)30-18(28)15-7-2-3-8-16(15)25-14-6-4-5-13(11-14)20(21,22)23/h2-8,11-12,25H,9-10H2,1H3,(H,24,29)/t12-/m1/s1. The Kier molecular flexibility index (Phi) is 5.95. The van der Waals surface area contributed by atoms with Crippen LogP contribution < -0.4 is 10.6 Å². The van der Waals surface area contributed by atoms with Crippen molar-refractivity contribution in [2.75, 3.05) is 18.4 Å². The summed E-state index contributed by atoms with van der Waals surface area (Å²) in [5.41, 5.74) is -0.473. The number of urea groups is 1. The molecular weight excluding hydrogens is 403 g/mol. The molecule has 3 amide bonds. The Morgan fingerprint density at radius 3 is 2.57 bits per heavy atom. The van der Waals surface area contributed by atoms with Gasteiger partial charge in [0.05, 0.1) is 16.8 Å². The van der Waals surface area contributed by atoms with Gasteiger partial charge in [0.25, 0.3) is 5.91 Å². The van der Waals surface area contributed by atoms with Crippen molar-refractivity contribution >= 4 is 29.3 Å². The molecule has 30 heavy (non-hydrogen) atoms. The second-order valence-corrected chi connectivity index (χ2v) is 6.52. The number of rotatable bonds is 5.